The number of aromatic hydroxyl groups is 1. The average Bonchev–Trinajstić information content (AvgIpc) is 3.07. The van der Waals surface area contributed by atoms with Gasteiger partial charge in [0.15, 0.2) is 18.3 Å². The van der Waals surface area contributed by atoms with Gasteiger partial charge in [0, 0.05) is 34.1 Å². The van der Waals surface area contributed by atoms with Crippen molar-refractivity contribution in [1.29, 1.82) is 0 Å². The summed E-state index contributed by atoms with van der Waals surface area (Å²) in [4.78, 5) is 101. The molecule has 1 aromatic carbocycles. The highest BCUT2D eigenvalue weighted by Gasteiger charge is 2.52. The fraction of sp³-hybridized carbons (Fsp3) is 0.611. The van der Waals surface area contributed by atoms with Gasteiger partial charge in [0.25, 0.3) is 0 Å². The molecule has 318 valence electrons. The van der Waals surface area contributed by atoms with E-state index < -0.39 is 114 Å². The van der Waals surface area contributed by atoms with Crippen LogP contribution in [0, 0.1) is 0 Å². The Kier molecular flexibility index (Phi) is 18.5. The standard InChI is InChI=1S/C36H52N4O16S/c1-17(41)27(40-35(50)56-36(6,7)8)33(49)38-24(32(48)39-25(31(37)47)15-22-9-11-23(46)12-10-22)13-14-57-34-30(54-21(5)45)29(53-20(4)44)28(52-19(3)43)26(55-34)16-51-18(2)42/h9-12,17,24-30,34,41,46H,13-16H2,1-8H3,(H2,37,47)(H,38,49)(H,39,48)(H,40,50)/t17-,24+,25+,26-,27+,28-,29+,30-,34+/m1/s1. The van der Waals surface area contributed by atoms with Crippen LogP contribution in [0.15, 0.2) is 24.3 Å². The van der Waals surface area contributed by atoms with Gasteiger partial charge in [-0.2, -0.15) is 0 Å². The van der Waals surface area contributed by atoms with E-state index in [1.165, 1.54) is 31.2 Å². The van der Waals surface area contributed by atoms with Gasteiger partial charge in [0.1, 0.15) is 47.6 Å². The van der Waals surface area contributed by atoms with Crippen LogP contribution in [0.3, 0.4) is 0 Å². The summed E-state index contributed by atoms with van der Waals surface area (Å²) in [6.07, 6.45) is -8.39. The van der Waals surface area contributed by atoms with Crippen LogP contribution in [-0.2, 0) is 68.4 Å². The van der Waals surface area contributed by atoms with Gasteiger partial charge in [-0.1, -0.05) is 12.1 Å². The molecule has 1 aliphatic heterocycles. The van der Waals surface area contributed by atoms with E-state index in [0.29, 0.717) is 5.56 Å². The second-order valence-electron chi connectivity index (χ2n) is 14.0. The first-order valence-corrected chi connectivity index (χ1v) is 18.8. The van der Waals surface area contributed by atoms with Crippen LogP contribution in [-0.4, -0.2) is 130 Å². The highest BCUT2D eigenvalue weighted by Crippen LogP contribution is 2.35. The van der Waals surface area contributed by atoms with Crippen molar-refractivity contribution < 1.29 is 77.0 Å². The summed E-state index contributed by atoms with van der Waals surface area (Å²) in [7, 11) is 0. The van der Waals surface area contributed by atoms with Gasteiger partial charge in [-0.15, -0.1) is 11.8 Å². The molecule has 0 aromatic heterocycles. The van der Waals surface area contributed by atoms with Crippen molar-refractivity contribution >= 4 is 59.5 Å². The number of ether oxygens (including phenoxy) is 6. The number of benzene rings is 1. The highest BCUT2D eigenvalue weighted by atomic mass is 32.2. The third kappa shape index (κ3) is 16.9. The first kappa shape index (κ1) is 48.0. The summed E-state index contributed by atoms with van der Waals surface area (Å²) in [5.41, 5.74) is 3.95. The monoisotopic (exact) mass is 828 g/mol. The van der Waals surface area contributed by atoms with Crippen molar-refractivity contribution in [1.82, 2.24) is 16.0 Å². The molecular formula is C36H52N4O16S. The molecule has 21 heteroatoms. The maximum atomic E-state index is 13.8. The third-order valence-electron chi connectivity index (χ3n) is 7.74. The minimum atomic E-state index is -1.62. The van der Waals surface area contributed by atoms with Gasteiger partial charge in [-0.25, -0.2) is 4.79 Å². The molecule has 0 spiro atoms. The number of amides is 4. The molecule has 0 saturated carbocycles. The summed E-state index contributed by atoms with van der Waals surface area (Å²) in [6.45, 7) is 9.84. The molecule has 2 rings (SSSR count). The summed E-state index contributed by atoms with van der Waals surface area (Å²) < 4.78 is 32.7. The van der Waals surface area contributed by atoms with E-state index in [-0.39, 0.29) is 24.3 Å². The zero-order valence-corrected chi connectivity index (χ0v) is 33.7. The van der Waals surface area contributed by atoms with E-state index in [9.17, 15) is 48.6 Å². The lowest BCUT2D eigenvalue weighted by Gasteiger charge is -2.44. The Balaban J connectivity index is 2.47. The molecule has 0 unspecified atom stereocenters. The summed E-state index contributed by atoms with van der Waals surface area (Å²) in [5.74, 6) is -6.19. The Morgan fingerprint density at radius 3 is 1.86 bits per heavy atom. The molecule has 1 aromatic rings. The van der Waals surface area contributed by atoms with E-state index >= 15 is 0 Å². The van der Waals surface area contributed by atoms with Crippen LogP contribution in [0.1, 0.15) is 67.4 Å². The Labute approximate surface area is 333 Å². The van der Waals surface area contributed by atoms with E-state index in [1.54, 1.807) is 20.8 Å². The molecule has 1 aliphatic rings. The maximum Gasteiger partial charge on any atom is 0.408 e. The molecule has 0 bridgehead atoms. The molecule has 7 N–H and O–H groups in total. The Hall–Kier alpha value is -5.15. The number of aliphatic hydroxyl groups excluding tert-OH is 1. The zero-order valence-electron chi connectivity index (χ0n) is 32.9. The van der Waals surface area contributed by atoms with Crippen LogP contribution >= 0.6 is 11.8 Å². The molecule has 20 nitrogen and oxygen atoms in total. The van der Waals surface area contributed by atoms with Gasteiger partial charge < -0.3 is 60.3 Å². The average molecular weight is 829 g/mol. The lowest BCUT2D eigenvalue weighted by molar-refractivity contribution is -0.237. The minimum Gasteiger partial charge on any atom is -0.508 e. The van der Waals surface area contributed by atoms with Crippen LogP contribution in [0.4, 0.5) is 4.79 Å². The van der Waals surface area contributed by atoms with Crippen molar-refractivity contribution in [3.05, 3.63) is 29.8 Å². The van der Waals surface area contributed by atoms with Crippen molar-refractivity contribution in [3.63, 3.8) is 0 Å². The molecule has 9 atom stereocenters. The van der Waals surface area contributed by atoms with Gasteiger partial charge >= 0.3 is 30.0 Å². The number of hydrogen-bond acceptors (Lipinski definition) is 17. The van der Waals surface area contributed by atoms with Crippen LogP contribution in [0.5, 0.6) is 5.75 Å². The fourth-order valence-corrected chi connectivity index (χ4v) is 6.58. The number of carbonyl (C=O) groups is 8. The fourth-order valence-electron chi connectivity index (χ4n) is 5.36. The van der Waals surface area contributed by atoms with Crippen molar-refractivity contribution in [2.24, 2.45) is 5.73 Å². The Morgan fingerprint density at radius 1 is 0.807 bits per heavy atom. The van der Waals surface area contributed by atoms with Crippen molar-refractivity contribution in [2.75, 3.05) is 12.4 Å². The number of hydrogen-bond donors (Lipinski definition) is 6. The summed E-state index contributed by atoms with van der Waals surface area (Å²) in [6, 6.07) is 1.35. The predicted molar refractivity (Wildman–Crippen MR) is 199 cm³/mol. The lowest BCUT2D eigenvalue weighted by Crippen LogP contribution is -2.61. The van der Waals surface area contributed by atoms with Gasteiger partial charge in [-0.3, -0.25) is 33.6 Å². The van der Waals surface area contributed by atoms with Gasteiger partial charge in [-0.05, 0) is 57.6 Å². The zero-order chi connectivity index (χ0) is 43.2. The van der Waals surface area contributed by atoms with Crippen LogP contribution in [0.2, 0.25) is 0 Å². The lowest BCUT2D eigenvalue weighted by atomic mass is 9.99. The van der Waals surface area contributed by atoms with Crippen LogP contribution < -0.4 is 21.7 Å². The molecular weight excluding hydrogens is 776 g/mol. The minimum absolute atomic E-state index is 0.0389. The Bertz CT molecular complexity index is 1600. The molecule has 4 amide bonds. The van der Waals surface area contributed by atoms with Crippen molar-refractivity contribution in [3.8, 4) is 5.75 Å². The largest absolute Gasteiger partial charge is 0.508 e. The number of carbonyl (C=O) groups excluding carboxylic acids is 8. The first-order valence-electron chi connectivity index (χ1n) is 17.7. The maximum absolute atomic E-state index is 13.8. The van der Waals surface area contributed by atoms with Crippen molar-refractivity contribution in [2.45, 2.75) is 128 Å². The molecule has 1 heterocycles. The number of aliphatic hydroxyl groups is 1. The summed E-state index contributed by atoms with van der Waals surface area (Å²) in [5, 5.41) is 27.3. The molecule has 0 radical (unpaired) electrons. The van der Waals surface area contributed by atoms with E-state index in [4.69, 9.17) is 34.2 Å². The normalized spacial score (nSPS) is 21.2. The number of esters is 4. The molecule has 1 saturated heterocycles. The summed E-state index contributed by atoms with van der Waals surface area (Å²) >= 11 is 0.913. The van der Waals surface area contributed by atoms with E-state index in [2.05, 4.69) is 16.0 Å². The highest BCUT2D eigenvalue weighted by molar-refractivity contribution is 7.99. The number of primary amides is 1. The molecule has 57 heavy (non-hydrogen) atoms. The van der Waals surface area contributed by atoms with Crippen LogP contribution in [0.25, 0.3) is 0 Å². The number of phenolic OH excluding ortho intramolecular Hbond substituents is 1. The number of alkyl carbamates (subject to hydrolysis) is 1. The first-order chi connectivity index (χ1) is 26.5. The molecule has 1 fully saturated rings. The topological polar surface area (TPSA) is 295 Å². The van der Waals surface area contributed by atoms with Gasteiger partial charge in [0.2, 0.25) is 17.7 Å². The third-order valence-corrected chi connectivity index (χ3v) is 8.92. The molecule has 0 aliphatic carbocycles. The smallest absolute Gasteiger partial charge is 0.408 e. The number of nitrogens with one attached hydrogen (secondary N) is 3. The number of thioether (sulfide) groups is 1. The second-order valence-corrected chi connectivity index (χ2v) is 15.2. The number of nitrogens with two attached hydrogens (primary N) is 1. The van der Waals surface area contributed by atoms with E-state index in [1.807, 2.05) is 0 Å². The number of phenols is 1. The Morgan fingerprint density at radius 2 is 1.35 bits per heavy atom. The van der Waals surface area contributed by atoms with Gasteiger partial charge in [0.05, 0.1) is 6.10 Å². The second kappa shape index (κ2) is 22.0. The number of rotatable bonds is 18. The van der Waals surface area contributed by atoms with E-state index in [0.717, 1.165) is 39.5 Å². The predicted octanol–water partition coefficient (Wildman–Crippen LogP) is -0.130. The SMILES string of the molecule is CC(=O)OC[C@H]1O[C@@H](SCC[C@H](NC(=O)[C@@H](NC(=O)OC(C)(C)C)[C@@H](C)O)C(=O)N[C@@H](Cc2ccc(O)cc2)C(N)=O)[C@H](OC(C)=O)[C@@H](OC(C)=O)[C@@H]1OC(C)=O. The quantitative estimate of drug-likeness (QED) is 0.0830.